The van der Waals surface area contributed by atoms with E-state index in [1.165, 1.54) is 11.8 Å². The van der Waals surface area contributed by atoms with E-state index in [9.17, 15) is 4.79 Å². The molecule has 0 aromatic heterocycles. The number of likely N-dealkylation sites (N-methyl/N-ethyl adjacent to an activating group) is 1. The van der Waals surface area contributed by atoms with Gasteiger partial charge in [0.15, 0.2) is 5.17 Å². The molecule has 1 heterocycles. The lowest BCUT2D eigenvalue weighted by Crippen LogP contribution is -2.23. The zero-order chi connectivity index (χ0) is 21.7. The van der Waals surface area contributed by atoms with Crippen LogP contribution in [0.4, 0.5) is 11.4 Å². The lowest BCUT2D eigenvalue weighted by atomic mass is 10.1. The molecule has 0 unspecified atom stereocenters. The lowest BCUT2D eigenvalue weighted by molar-refractivity contribution is -0.121. The van der Waals surface area contributed by atoms with E-state index in [4.69, 9.17) is 9.73 Å². The molecule has 5 nitrogen and oxygen atoms in total. The highest BCUT2D eigenvalue weighted by Crippen LogP contribution is 2.36. The Morgan fingerprint density at radius 1 is 1.13 bits per heavy atom. The van der Waals surface area contributed by atoms with Crippen molar-refractivity contribution >= 4 is 40.3 Å². The first kappa shape index (κ1) is 22.0. The fourth-order valence-corrected chi connectivity index (χ4v) is 4.39. The van der Waals surface area contributed by atoms with Crippen molar-refractivity contribution in [2.45, 2.75) is 27.2 Å². The molecule has 2 aromatic rings. The molecule has 0 bridgehead atoms. The van der Waals surface area contributed by atoms with E-state index in [0.29, 0.717) is 10.1 Å². The number of thioether (sulfide) groups is 1. The van der Waals surface area contributed by atoms with Crippen LogP contribution in [0.25, 0.3) is 6.08 Å². The smallest absolute Gasteiger partial charge is 0.266 e. The monoisotopic (exact) mass is 423 g/mol. The van der Waals surface area contributed by atoms with Crippen LogP contribution >= 0.6 is 11.8 Å². The van der Waals surface area contributed by atoms with Crippen molar-refractivity contribution in [3.63, 3.8) is 0 Å². The Morgan fingerprint density at radius 3 is 2.53 bits per heavy atom. The van der Waals surface area contributed by atoms with Crippen LogP contribution in [0.1, 0.15) is 31.9 Å². The number of aryl methyl sites for hydroxylation is 1. The average molecular weight is 424 g/mol. The number of amides is 1. The van der Waals surface area contributed by atoms with Crippen LogP contribution in [-0.4, -0.2) is 43.2 Å². The number of para-hydroxylation sites is 1. The number of ether oxygens (including phenoxy) is 1. The van der Waals surface area contributed by atoms with Gasteiger partial charge in [0.05, 0.1) is 17.7 Å². The average Bonchev–Trinajstić information content (AvgIpc) is 3.03. The van der Waals surface area contributed by atoms with Gasteiger partial charge in [0.1, 0.15) is 5.75 Å². The Hall–Kier alpha value is -2.73. The second kappa shape index (κ2) is 9.85. The van der Waals surface area contributed by atoms with E-state index in [1.54, 1.807) is 19.1 Å². The second-order valence-electron chi connectivity index (χ2n) is 6.95. The molecule has 2 aromatic carbocycles. The van der Waals surface area contributed by atoms with Gasteiger partial charge in [0.2, 0.25) is 0 Å². The topological polar surface area (TPSA) is 45.1 Å². The van der Waals surface area contributed by atoms with Crippen LogP contribution in [0.15, 0.2) is 52.4 Å². The minimum Gasteiger partial charge on any atom is -0.496 e. The van der Waals surface area contributed by atoms with Crippen molar-refractivity contribution in [3.8, 4) is 5.75 Å². The van der Waals surface area contributed by atoms with Crippen LogP contribution in [0, 0.1) is 0 Å². The number of anilines is 1. The second-order valence-corrected chi connectivity index (χ2v) is 7.96. The molecule has 1 saturated heterocycles. The number of benzene rings is 2. The van der Waals surface area contributed by atoms with E-state index in [0.717, 1.165) is 47.8 Å². The predicted octanol–water partition coefficient (Wildman–Crippen LogP) is 5.34. The van der Waals surface area contributed by atoms with Crippen molar-refractivity contribution < 1.29 is 9.53 Å². The Labute approximate surface area is 183 Å². The Bertz CT molecular complexity index is 980. The highest BCUT2D eigenvalue weighted by atomic mass is 32.2. The summed E-state index contributed by atoms with van der Waals surface area (Å²) in [7, 11) is 3.43. The summed E-state index contributed by atoms with van der Waals surface area (Å²) in [5.41, 5.74) is 4.06. The van der Waals surface area contributed by atoms with Gasteiger partial charge in [-0.3, -0.25) is 9.69 Å². The summed E-state index contributed by atoms with van der Waals surface area (Å²) in [5.74, 6) is 0.701. The van der Waals surface area contributed by atoms with Gasteiger partial charge in [-0.25, -0.2) is 4.99 Å². The molecule has 30 heavy (non-hydrogen) atoms. The molecular weight excluding hydrogens is 394 g/mol. The summed E-state index contributed by atoms with van der Waals surface area (Å²) in [6.45, 7) is 8.23. The first-order chi connectivity index (χ1) is 14.5. The van der Waals surface area contributed by atoms with Crippen LogP contribution in [-0.2, 0) is 11.2 Å². The van der Waals surface area contributed by atoms with Gasteiger partial charge in [-0.15, -0.1) is 0 Å². The summed E-state index contributed by atoms with van der Waals surface area (Å²) in [5, 5.41) is 0.686. The summed E-state index contributed by atoms with van der Waals surface area (Å²) in [6, 6.07) is 14.1. The van der Waals surface area contributed by atoms with Crippen molar-refractivity contribution in [2.75, 3.05) is 32.1 Å². The van der Waals surface area contributed by atoms with E-state index < -0.39 is 0 Å². The van der Waals surface area contributed by atoms with Crippen molar-refractivity contribution in [3.05, 3.63) is 58.5 Å². The van der Waals surface area contributed by atoms with Gasteiger partial charge in [0.25, 0.3) is 5.91 Å². The van der Waals surface area contributed by atoms with Gasteiger partial charge in [-0.2, -0.15) is 0 Å². The molecular formula is C24H29N3O2S. The molecule has 0 radical (unpaired) electrons. The Balaban J connectivity index is 1.93. The zero-order valence-corrected chi connectivity index (χ0v) is 19.1. The lowest BCUT2D eigenvalue weighted by Gasteiger charge is -2.22. The number of hydrogen-bond acceptors (Lipinski definition) is 5. The van der Waals surface area contributed by atoms with Gasteiger partial charge >= 0.3 is 0 Å². The Morgan fingerprint density at radius 2 is 1.87 bits per heavy atom. The third-order valence-corrected chi connectivity index (χ3v) is 6.28. The minimum absolute atomic E-state index is 0.0531. The summed E-state index contributed by atoms with van der Waals surface area (Å²) < 4.78 is 5.61. The minimum atomic E-state index is -0.0531. The van der Waals surface area contributed by atoms with Gasteiger partial charge in [-0.1, -0.05) is 25.1 Å². The molecule has 0 atom stereocenters. The molecule has 0 saturated carbocycles. The first-order valence-electron chi connectivity index (χ1n) is 10.3. The number of carbonyl (C=O) groups is 1. The molecule has 6 heteroatoms. The zero-order valence-electron chi connectivity index (χ0n) is 18.3. The fraction of sp³-hybridized carbons (Fsp3) is 0.333. The number of nitrogens with zero attached hydrogens (tertiary/aromatic N) is 3. The van der Waals surface area contributed by atoms with Crippen molar-refractivity contribution in [1.82, 2.24) is 4.90 Å². The number of amidine groups is 1. The molecule has 0 N–H and O–H groups in total. The van der Waals surface area contributed by atoms with Gasteiger partial charge < -0.3 is 9.64 Å². The predicted molar refractivity (Wildman–Crippen MR) is 128 cm³/mol. The third-order valence-electron chi connectivity index (χ3n) is 5.22. The molecule has 1 aliphatic heterocycles. The molecule has 0 aliphatic carbocycles. The van der Waals surface area contributed by atoms with Crippen LogP contribution < -0.4 is 9.64 Å². The fourth-order valence-electron chi connectivity index (χ4n) is 3.42. The highest BCUT2D eigenvalue weighted by Gasteiger charge is 2.30. The Kier molecular flexibility index (Phi) is 7.21. The van der Waals surface area contributed by atoms with Crippen LogP contribution in [0.5, 0.6) is 5.75 Å². The number of hydrogen-bond donors (Lipinski definition) is 0. The summed E-state index contributed by atoms with van der Waals surface area (Å²) >= 11 is 1.40. The number of methoxy groups -OCH3 is 1. The maximum absolute atomic E-state index is 12.8. The summed E-state index contributed by atoms with van der Waals surface area (Å²) in [4.78, 5) is 22.1. The van der Waals surface area contributed by atoms with Crippen molar-refractivity contribution in [2.24, 2.45) is 4.99 Å². The van der Waals surface area contributed by atoms with E-state index in [1.807, 2.05) is 36.4 Å². The van der Waals surface area contributed by atoms with Crippen LogP contribution in [0.3, 0.4) is 0 Å². The molecule has 3 rings (SSSR count). The molecule has 0 spiro atoms. The molecule has 1 amide bonds. The maximum atomic E-state index is 12.8. The number of carbonyl (C=O) groups excluding carboxylic acids is 1. The normalized spacial score (nSPS) is 16.6. The van der Waals surface area contributed by atoms with E-state index in [2.05, 4.69) is 37.8 Å². The maximum Gasteiger partial charge on any atom is 0.266 e. The van der Waals surface area contributed by atoms with E-state index in [-0.39, 0.29) is 5.91 Å². The SMILES string of the molecule is CCc1ccccc1N=C1S/C(=C/c2ccc(N(CC)CC)cc2OC)C(=O)N1C. The third kappa shape index (κ3) is 4.54. The van der Waals surface area contributed by atoms with Gasteiger partial charge in [0, 0.05) is 37.5 Å². The van der Waals surface area contributed by atoms with E-state index >= 15 is 0 Å². The largest absolute Gasteiger partial charge is 0.496 e. The highest BCUT2D eigenvalue weighted by molar-refractivity contribution is 8.18. The summed E-state index contributed by atoms with van der Waals surface area (Å²) in [6.07, 6.45) is 2.79. The first-order valence-corrected chi connectivity index (χ1v) is 11.1. The molecule has 158 valence electrons. The van der Waals surface area contributed by atoms with Gasteiger partial charge in [-0.05, 0) is 61.9 Å². The standard InChI is InChI=1S/C24H29N3O2S/c1-6-17-11-9-10-12-20(17)25-24-26(4)23(28)22(30-24)15-18-13-14-19(16-21(18)29-5)27(7-2)8-3/h9-16H,6-8H2,1-5H3/b22-15+,25-24?. The quantitative estimate of drug-likeness (QED) is 0.564. The number of rotatable bonds is 7. The van der Waals surface area contributed by atoms with Crippen molar-refractivity contribution in [1.29, 1.82) is 0 Å². The molecule has 1 aliphatic rings. The molecule has 1 fully saturated rings. The number of aliphatic imine (C=N–C) groups is 1. The van der Waals surface area contributed by atoms with Crippen LogP contribution in [0.2, 0.25) is 0 Å².